The van der Waals surface area contributed by atoms with Crippen molar-refractivity contribution in [2.24, 2.45) is 5.92 Å². The van der Waals surface area contributed by atoms with E-state index in [0.29, 0.717) is 0 Å². The standard InChI is InChI=1S/C28H45BrN2O6Si2/c1-18(2)38(19(3)4)35-26-25(33)24(29)23(16-30)28(14-15-32,31-34-17-22-12-10-9-11-13-22)27(26)36-39(37-38,20(5)6)21(7)8/h9-13,15,18-21,23-27,31,33H,14,17H2,1-8H3/t23-,24+,25+,26+,27-,28-/m1/s1. The Hall–Kier alpha value is -0.946. The number of carbonyl (C=O) groups excluding carboxylic acids is 1. The fourth-order valence-corrected chi connectivity index (χ4v) is 18.5. The van der Waals surface area contributed by atoms with Crippen molar-refractivity contribution in [1.29, 1.82) is 5.26 Å². The third-order valence-electron chi connectivity index (χ3n) is 8.42. The van der Waals surface area contributed by atoms with Gasteiger partial charge in [-0.25, -0.2) is 0 Å². The molecule has 1 saturated carbocycles. The van der Waals surface area contributed by atoms with Gasteiger partial charge in [-0.2, -0.15) is 10.7 Å². The lowest BCUT2D eigenvalue weighted by Gasteiger charge is -2.54. The molecule has 6 atom stereocenters. The van der Waals surface area contributed by atoms with E-state index in [1.807, 2.05) is 30.3 Å². The minimum atomic E-state index is -3.08. The highest BCUT2D eigenvalue weighted by atomic mass is 79.9. The first-order valence-electron chi connectivity index (χ1n) is 14.0. The summed E-state index contributed by atoms with van der Waals surface area (Å²) in [6.07, 6.45) is -2.05. The third kappa shape index (κ3) is 5.87. The summed E-state index contributed by atoms with van der Waals surface area (Å²) >= 11 is 3.61. The van der Waals surface area contributed by atoms with Crippen molar-refractivity contribution in [3.63, 3.8) is 0 Å². The van der Waals surface area contributed by atoms with Crippen LogP contribution in [0.2, 0.25) is 22.2 Å². The highest BCUT2D eigenvalue weighted by molar-refractivity contribution is 9.09. The number of nitriles is 1. The molecule has 0 unspecified atom stereocenters. The number of aliphatic hydroxyl groups excluding tert-OH is 1. The lowest BCUT2D eigenvalue weighted by atomic mass is 9.68. The van der Waals surface area contributed by atoms with Crippen molar-refractivity contribution in [2.75, 3.05) is 0 Å². The summed E-state index contributed by atoms with van der Waals surface area (Å²) in [7, 11) is -6.10. The molecular weight excluding hydrogens is 596 g/mol. The van der Waals surface area contributed by atoms with E-state index in [2.05, 4.69) is 82.9 Å². The Bertz CT molecular complexity index is 992. The Morgan fingerprint density at radius 1 is 1.05 bits per heavy atom. The highest BCUT2D eigenvalue weighted by Gasteiger charge is 2.69. The number of hydrogen-bond acceptors (Lipinski definition) is 8. The Morgan fingerprint density at radius 3 is 2.08 bits per heavy atom. The number of halogens is 1. The molecule has 1 aromatic carbocycles. The van der Waals surface area contributed by atoms with Crippen LogP contribution in [0, 0.1) is 17.2 Å². The van der Waals surface area contributed by atoms with Crippen LogP contribution in [0.25, 0.3) is 0 Å². The summed E-state index contributed by atoms with van der Waals surface area (Å²) in [6, 6.07) is 12.0. The predicted octanol–water partition coefficient (Wildman–Crippen LogP) is 5.64. The zero-order chi connectivity index (χ0) is 29.2. The minimum absolute atomic E-state index is 0.0442. The summed E-state index contributed by atoms with van der Waals surface area (Å²) in [5.41, 5.74) is 3.01. The molecule has 218 valence electrons. The molecule has 0 spiro atoms. The second-order valence-corrected chi connectivity index (χ2v) is 22.0. The fourth-order valence-electron chi connectivity index (χ4n) is 6.23. The number of rotatable bonds is 10. The van der Waals surface area contributed by atoms with Gasteiger partial charge in [0.2, 0.25) is 0 Å². The van der Waals surface area contributed by atoms with Crippen molar-refractivity contribution < 1.29 is 27.7 Å². The molecule has 2 N–H and O–H groups in total. The number of benzene rings is 1. The van der Waals surface area contributed by atoms with Crippen LogP contribution >= 0.6 is 15.9 Å². The maximum absolute atomic E-state index is 12.3. The molecule has 1 aromatic rings. The molecule has 1 aliphatic carbocycles. The second kappa shape index (κ2) is 12.9. The molecule has 1 heterocycles. The monoisotopic (exact) mass is 640 g/mol. The maximum atomic E-state index is 12.3. The largest absolute Gasteiger partial charge is 0.414 e. The van der Waals surface area contributed by atoms with E-state index in [1.165, 1.54) is 0 Å². The molecular formula is C28H45BrN2O6Si2. The zero-order valence-corrected chi connectivity index (χ0v) is 28.0. The van der Waals surface area contributed by atoms with Crippen molar-refractivity contribution in [2.45, 2.75) is 119 Å². The Labute approximate surface area is 244 Å². The van der Waals surface area contributed by atoms with E-state index in [4.69, 9.17) is 17.8 Å². The van der Waals surface area contributed by atoms with Gasteiger partial charge in [0, 0.05) is 6.42 Å². The fraction of sp³-hybridized carbons (Fsp3) is 0.714. The van der Waals surface area contributed by atoms with Gasteiger partial charge in [0.05, 0.1) is 41.2 Å². The van der Waals surface area contributed by atoms with E-state index in [0.717, 1.165) is 11.8 Å². The number of nitrogens with one attached hydrogen (secondary N) is 1. The number of aldehydes is 1. The third-order valence-corrected chi connectivity index (χ3v) is 19.7. The lowest BCUT2D eigenvalue weighted by molar-refractivity contribution is -0.168. The van der Waals surface area contributed by atoms with Gasteiger partial charge in [-0.3, -0.25) is 4.84 Å². The van der Waals surface area contributed by atoms with Gasteiger partial charge < -0.3 is 22.9 Å². The van der Waals surface area contributed by atoms with Crippen LogP contribution in [0.5, 0.6) is 0 Å². The average Bonchev–Trinajstić information content (AvgIpc) is 3.06. The number of hydrogen-bond donors (Lipinski definition) is 2. The van der Waals surface area contributed by atoms with Crippen molar-refractivity contribution in [3.05, 3.63) is 35.9 Å². The highest BCUT2D eigenvalue weighted by Crippen LogP contribution is 2.53. The Balaban J connectivity index is 2.23. The first-order chi connectivity index (χ1) is 18.3. The molecule has 1 aliphatic heterocycles. The van der Waals surface area contributed by atoms with Crippen molar-refractivity contribution in [1.82, 2.24) is 5.48 Å². The molecule has 39 heavy (non-hydrogen) atoms. The number of fused-ring (bicyclic) bond motifs is 1. The van der Waals surface area contributed by atoms with Crippen LogP contribution < -0.4 is 5.48 Å². The Kier molecular flexibility index (Phi) is 10.8. The van der Waals surface area contributed by atoms with Crippen LogP contribution in [-0.4, -0.2) is 57.2 Å². The van der Waals surface area contributed by atoms with E-state index in [-0.39, 0.29) is 35.2 Å². The van der Waals surface area contributed by atoms with E-state index in [1.54, 1.807) is 0 Å². The summed E-state index contributed by atoms with van der Waals surface area (Å²) in [5, 5.41) is 22.1. The summed E-state index contributed by atoms with van der Waals surface area (Å²) in [5.74, 6) is -0.864. The quantitative estimate of drug-likeness (QED) is 0.146. The topological polar surface area (TPSA) is 110 Å². The van der Waals surface area contributed by atoms with Gasteiger partial charge in [-0.1, -0.05) is 102 Å². The number of aliphatic hydroxyl groups is 1. The van der Waals surface area contributed by atoms with Gasteiger partial charge in [0.25, 0.3) is 0 Å². The molecule has 8 nitrogen and oxygen atoms in total. The van der Waals surface area contributed by atoms with Gasteiger partial charge in [0.15, 0.2) is 0 Å². The smallest absolute Gasteiger partial charge is 0.335 e. The Morgan fingerprint density at radius 2 is 1.59 bits per heavy atom. The maximum Gasteiger partial charge on any atom is 0.335 e. The second-order valence-electron chi connectivity index (χ2n) is 12.1. The molecule has 0 amide bonds. The SMILES string of the molecule is CC(C)[Si]1(C(C)C)O[C@H]2[C@@H](O)[C@@H](Br)[C@@H](C#N)[C@@](CC=O)(NOCc3ccccc3)[C@@H]2O[Si](C(C)C)(C(C)C)O1. The van der Waals surface area contributed by atoms with E-state index in [9.17, 15) is 15.2 Å². The van der Waals surface area contributed by atoms with Crippen LogP contribution in [0.3, 0.4) is 0 Å². The first-order valence-corrected chi connectivity index (χ1v) is 18.8. The van der Waals surface area contributed by atoms with Crippen LogP contribution in [0.4, 0.5) is 0 Å². The van der Waals surface area contributed by atoms with Crippen LogP contribution in [0.15, 0.2) is 30.3 Å². The molecule has 1 saturated heterocycles. The minimum Gasteiger partial charge on any atom is -0.414 e. The molecule has 0 radical (unpaired) electrons. The lowest BCUT2D eigenvalue weighted by Crippen LogP contribution is -2.74. The molecule has 2 aliphatic rings. The number of alkyl halides is 1. The molecule has 0 bridgehead atoms. The van der Waals surface area contributed by atoms with E-state index < -0.39 is 51.7 Å². The number of nitrogens with zero attached hydrogens (tertiary/aromatic N) is 1. The van der Waals surface area contributed by atoms with Crippen molar-refractivity contribution >= 4 is 39.3 Å². The van der Waals surface area contributed by atoms with Gasteiger partial charge >= 0.3 is 17.1 Å². The number of carbonyl (C=O) groups is 1. The normalized spacial score (nSPS) is 32.2. The summed E-state index contributed by atoms with van der Waals surface area (Å²) in [4.78, 5) is 17.7. The first kappa shape index (κ1) is 32.6. The molecule has 0 aromatic heterocycles. The van der Waals surface area contributed by atoms with Gasteiger partial charge in [0.1, 0.15) is 12.4 Å². The predicted molar refractivity (Wildman–Crippen MR) is 158 cm³/mol. The molecule has 2 fully saturated rings. The molecule has 3 rings (SSSR count). The number of hydroxylamine groups is 1. The molecule has 11 heteroatoms. The van der Waals surface area contributed by atoms with Gasteiger partial charge in [-0.15, -0.1) is 0 Å². The van der Waals surface area contributed by atoms with Gasteiger partial charge in [-0.05, 0) is 27.7 Å². The average molecular weight is 642 g/mol. The van der Waals surface area contributed by atoms with E-state index >= 15 is 0 Å². The van der Waals surface area contributed by atoms with Crippen LogP contribution in [0.1, 0.15) is 67.4 Å². The summed E-state index contributed by atoms with van der Waals surface area (Å²) in [6.45, 7) is 17.1. The zero-order valence-electron chi connectivity index (χ0n) is 24.4. The van der Waals surface area contributed by atoms with Crippen LogP contribution in [-0.2, 0) is 29.2 Å². The summed E-state index contributed by atoms with van der Waals surface area (Å²) < 4.78 is 21.5. The van der Waals surface area contributed by atoms with Crippen molar-refractivity contribution in [3.8, 4) is 6.07 Å².